The minimum absolute atomic E-state index is 0.101. The van der Waals surface area contributed by atoms with Crippen LogP contribution >= 0.6 is 0 Å². The van der Waals surface area contributed by atoms with Crippen LogP contribution in [0, 0.1) is 0 Å². The summed E-state index contributed by atoms with van der Waals surface area (Å²) in [5.74, 6) is 0.101. The molecule has 3 rings (SSSR count). The molecule has 1 aliphatic rings. The molecule has 0 saturated heterocycles. The van der Waals surface area contributed by atoms with Crippen molar-refractivity contribution in [1.29, 1.82) is 0 Å². The molecule has 1 aromatic carbocycles. The van der Waals surface area contributed by atoms with Crippen LogP contribution in [0.2, 0.25) is 0 Å². The van der Waals surface area contributed by atoms with Crippen molar-refractivity contribution in [3.05, 3.63) is 59.7 Å². The maximum absolute atomic E-state index is 11.4. The smallest absolute Gasteiger partial charge is 0.186 e. The van der Waals surface area contributed by atoms with E-state index in [9.17, 15) is 4.79 Å². The molecule has 1 aromatic heterocycles. The largest absolute Gasteiger partial charge is 0.333 e. The van der Waals surface area contributed by atoms with Gasteiger partial charge in [-0.3, -0.25) is 4.79 Å². The standard InChI is InChI=1S/C13H10N2O/c16-13-4-2-11-7-10(1-3-12(11)13)8-15-6-5-14-9-15/h1-7,9H,8H2. The summed E-state index contributed by atoms with van der Waals surface area (Å²) in [6.45, 7) is 0.787. The highest BCUT2D eigenvalue weighted by molar-refractivity contribution is 6.13. The lowest BCUT2D eigenvalue weighted by Crippen LogP contribution is -1.98. The van der Waals surface area contributed by atoms with Gasteiger partial charge in [0.1, 0.15) is 0 Å². The van der Waals surface area contributed by atoms with Gasteiger partial charge in [0.2, 0.25) is 0 Å². The van der Waals surface area contributed by atoms with E-state index in [2.05, 4.69) is 11.1 Å². The van der Waals surface area contributed by atoms with E-state index < -0.39 is 0 Å². The van der Waals surface area contributed by atoms with Crippen molar-refractivity contribution in [1.82, 2.24) is 9.55 Å². The minimum atomic E-state index is 0.101. The molecular weight excluding hydrogens is 200 g/mol. The lowest BCUT2D eigenvalue weighted by Gasteiger charge is -2.04. The van der Waals surface area contributed by atoms with Crippen LogP contribution in [0.3, 0.4) is 0 Å². The maximum Gasteiger partial charge on any atom is 0.186 e. The molecule has 0 N–H and O–H groups in total. The van der Waals surface area contributed by atoms with Crippen LogP contribution in [-0.2, 0) is 6.54 Å². The molecule has 0 atom stereocenters. The van der Waals surface area contributed by atoms with Crippen molar-refractivity contribution in [2.45, 2.75) is 6.54 Å². The van der Waals surface area contributed by atoms with E-state index in [1.165, 1.54) is 5.56 Å². The van der Waals surface area contributed by atoms with E-state index in [0.29, 0.717) is 0 Å². The molecule has 0 saturated carbocycles. The highest BCUT2D eigenvalue weighted by Crippen LogP contribution is 2.21. The van der Waals surface area contributed by atoms with Gasteiger partial charge < -0.3 is 4.57 Å². The van der Waals surface area contributed by atoms with Crippen molar-refractivity contribution in [2.24, 2.45) is 0 Å². The van der Waals surface area contributed by atoms with Gasteiger partial charge >= 0.3 is 0 Å². The lowest BCUT2D eigenvalue weighted by molar-refractivity contribution is 0.105. The normalized spacial score (nSPS) is 13.1. The van der Waals surface area contributed by atoms with E-state index in [-0.39, 0.29) is 5.78 Å². The van der Waals surface area contributed by atoms with Gasteiger partial charge in [-0.25, -0.2) is 4.98 Å². The Morgan fingerprint density at radius 2 is 2.19 bits per heavy atom. The fraction of sp³-hybridized carbons (Fsp3) is 0.0769. The van der Waals surface area contributed by atoms with Crippen LogP contribution < -0.4 is 0 Å². The van der Waals surface area contributed by atoms with E-state index in [0.717, 1.165) is 17.7 Å². The topological polar surface area (TPSA) is 34.9 Å². The second kappa shape index (κ2) is 3.45. The van der Waals surface area contributed by atoms with Crippen molar-refractivity contribution in [3.63, 3.8) is 0 Å². The number of allylic oxidation sites excluding steroid dienone is 1. The monoisotopic (exact) mass is 210 g/mol. The molecular formula is C13H10N2O. The Hall–Kier alpha value is -2.16. The Morgan fingerprint density at radius 1 is 1.25 bits per heavy atom. The zero-order chi connectivity index (χ0) is 11.0. The Labute approximate surface area is 93.1 Å². The average Bonchev–Trinajstić information content (AvgIpc) is 2.90. The number of hydrogen-bond acceptors (Lipinski definition) is 2. The summed E-state index contributed by atoms with van der Waals surface area (Å²) in [5, 5.41) is 0. The highest BCUT2D eigenvalue weighted by atomic mass is 16.1. The third kappa shape index (κ3) is 1.46. The lowest BCUT2D eigenvalue weighted by atomic mass is 10.1. The first kappa shape index (κ1) is 9.09. The maximum atomic E-state index is 11.4. The molecule has 3 heteroatoms. The van der Waals surface area contributed by atoms with E-state index >= 15 is 0 Å². The quantitative estimate of drug-likeness (QED) is 0.761. The molecule has 0 fully saturated rings. The number of rotatable bonds is 2. The van der Waals surface area contributed by atoms with Crippen molar-refractivity contribution < 1.29 is 4.79 Å². The Bertz CT molecular complexity index is 568. The number of carbonyl (C=O) groups excluding carboxylic acids is 1. The number of carbonyl (C=O) groups is 1. The van der Waals surface area contributed by atoms with Gasteiger partial charge in [0.05, 0.1) is 6.33 Å². The van der Waals surface area contributed by atoms with Crippen LogP contribution in [0.15, 0.2) is 43.0 Å². The Morgan fingerprint density at radius 3 is 3.00 bits per heavy atom. The number of imidazole rings is 1. The average molecular weight is 210 g/mol. The van der Waals surface area contributed by atoms with E-state index in [1.54, 1.807) is 18.6 Å². The molecule has 3 nitrogen and oxygen atoms in total. The van der Waals surface area contributed by atoms with E-state index in [1.807, 2.05) is 29.0 Å². The van der Waals surface area contributed by atoms with Crippen molar-refractivity contribution in [2.75, 3.05) is 0 Å². The van der Waals surface area contributed by atoms with Crippen LogP contribution in [0.5, 0.6) is 0 Å². The SMILES string of the molecule is O=C1C=Cc2cc(Cn3ccnc3)ccc21. The molecule has 1 aliphatic carbocycles. The fourth-order valence-corrected chi connectivity index (χ4v) is 1.92. The summed E-state index contributed by atoms with van der Waals surface area (Å²) < 4.78 is 2.00. The molecule has 78 valence electrons. The molecule has 0 radical (unpaired) electrons. The van der Waals surface area contributed by atoms with Crippen LogP contribution in [0.1, 0.15) is 21.5 Å². The highest BCUT2D eigenvalue weighted by Gasteiger charge is 2.13. The number of ketones is 1. The molecule has 1 heterocycles. The molecule has 0 unspecified atom stereocenters. The molecule has 0 amide bonds. The number of benzene rings is 1. The summed E-state index contributed by atoms with van der Waals surface area (Å²) >= 11 is 0. The first-order valence-electron chi connectivity index (χ1n) is 5.14. The van der Waals surface area contributed by atoms with Crippen LogP contribution in [0.25, 0.3) is 6.08 Å². The molecule has 2 aromatic rings. The fourth-order valence-electron chi connectivity index (χ4n) is 1.92. The van der Waals surface area contributed by atoms with Crippen LogP contribution in [0.4, 0.5) is 0 Å². The third-order valence-corrected chi connectivity index (χ3v) is 2.72. The zero-order valence-corrected chi connectivity index (χ0v) is 8.63. The predicted octanol–water partition coefficient (Wildman–Crippen LogP) is 2.14. The number of aromatic nitrogens is 2. The number of nitrogens with zero attached hydrogens (tertiary/aromatic N) is 2. The summed E-state index contributed by atoms with van der Waals surface area (Å²) in [6, 6.07) is 5.93. The van der Waals surface area contributed by atoms with Gasteiger partial charge in [0.25, 0.3) is 0 Å². The third-order valence-electron chi connectivity index (χ3n) is 2.72. The number of hydrogen-bond donors (Lipinski definition) is 0. The molecule has 0 spiro atoms. The zero-order valence-electron chi connectivity index (χ0n) is 8.63. The first-order chi connectivity index (χ1) is 7.83. The number of fused-ring (bicyclic) bond motifs is 1. The van der Waals surface area contributed by atoms with Gasteiger partial charge in [0.15, 0.2) is 5.78 Å². The predicted molar refractivity (Wildman–Crippen MR) is 61.1 cm³/mol. The summed E-state index contributed by atoms with van der Waals surface area (Å²) in [5.41, 5.74) is 2.99. The van der Waals surface area contributed by atoms with Gasteiger partial charge in [-0.15, -0.1) is 0 Å². The minimum Gasteiger partial charge on any atom is -0.333 e. The van der Waals surface area contributed by atoms with Gasteiger partial charge in [-0.2, -0.15) is 0 Å². The summed E-state index contributed by atoms with van der Waals surface area (Å²) in [6.07, 6.45) is 8.96. The molecule has 0 aliphatic heterocycles. The van der Waals surface area contributed by atoms with Crippen molar-refractivity contribution in [3.8, 4) is 0 Å². The van der Waals surface area contributed by atoms with E-state index in [4.69, 9.17) is 0 Å². The van der Waals surface area contributed by atoms with Crippen molar-refractivity contribution >= 4 is 11.9 Å². The first-order valence-corrected chi connectivity index (χ1v) is 5.14. The second-order valence-electron chi connectivity index (χ2n) is 3.85. The van der Waals surface area contributed by atoms with Gasteiger partial charge in [0, 0.05) is 24.5 Å². The summed E-state index contributed by atoms with van der Waals surface area (Å²) in [4.78, 5) is 15.4. The molecule has 16 heavy (non-hydrogen) atoms. The Balaban J connectivity index is 1.93. The van der Waals surface area contributed by atoms with Crippen LogP contribution in [-0.4, -0.2) is 15.3 Å². The summed E-state index contributed by atoms with van der Waals surface area (Å²) in [7, 11) is 0. The van der Waals surface area contributed by atoms with Gasteiger partial charge in [-0.1, -0.05) is 18.2 Å². The second-order valence-corrected chi connectivity index (χ2v) is 3.85. The Kier molecular flexibility index (Phi) is 1.96. The van der Waals surface area contributed by atoms with Gasteiger partial charge in [-0.05, 0) is 23.3 Å². The molecule has 0 bridgehead atoms.